The van der Waals surface area contributed by atoms with Crippen LogP contribution in [0, 0.1) is 13.8 Å². The van der Waals surface area contributed by atoms with Crippen molar-refractivity contribution in [3.8, 4) is 0 Å². The van der Waals surface area contributed by atoms with Gasteiger partial charge in [-0.05, 0) is 55.3 Å². The monoisotopic (exact) mass is 312 g/mol. The van der Waals surface area contributed by atoms with E-state index in [-0.39, 0.29) is 10.8 Å². The van der Waals surface area contributed by atoms with Gasteiger partial charge in [-0.2, -0.15) is 0 Å². The van der Waals surface area contributed by atoms with Gasteiger partial charge in [-0.15, -0.1) is 0 Å². The summed E-state index contributed by atoms with van der Waals surface area (Å²) in [4.78, 5) is 24.0. The van der Waals surface area contributed by atoms with Crippen LogP contribution in [0.1, 0.15) is 21.5 Å². The van der Waals surface area contributed by atoms with Crippen LogP contribution in [-0.2, 0) is 7.05 Å². The molecule has 0 fully saturated rings. The van der Waals surface area contributed by atoms with Crippen LogP contribution in [0.3, 0.4) is 0 Å². The number of anilines is 1. The Labute approximate surface area is 132 Å². The number of aryl methyl sites for hydroxylation is 3. The summed E-state index contributed by atoms with van der Waals surface area (Å²) in [6.45, 7) is 4.00. The van der Waals surface area contributed by atoms with E-state index in [1.54, 1.807) is 11.6 Å². The summed E-state index contributed by atoms with van der Waals surface area (Å²) in [5.74, 6) is -0.147. The highest BCUT2D eigenvalue weighted by molar-refractivity contribution is 7.16. The van der Waals surface area contributed by atoms with Gasteiger partial charge in [0, 0.05) is 18.3 Å². The van der Waals surface area contributed by atoms with Crippen LogP contribution in [0.25, 0.3) is 10.2 Å². The zero-order chi connectivity index (χ0) is 15.9. The number of benzene rings is 2. The molecule has 0 aliphatic heterocycles. The zero-order valence-corrected chi connectivity index (χ0v) is 13.5. The topological polar surface area (TPSA) is 51.1 Å². The van der Waals surface area contributed by atoms with Crippen molar-refractivity contribution in [2.24, 2.45) is 7.05 Å². The number of carbonyl (C=O) groups excluding carboxylic acids is 1. The minimum absolute atomic E-state index is 0.00682. The maximum atomic E-state index is 12.3. The number of thiazole rings is 1. The third kappa shape index (κ3) is 2.55. The molecule has 1 heterocycles. The number of rotatable bonds is 2. The first-order chi connectivity index (χ1) is 10.5. The Morgan fingerprint density at radius 1 is 1.09 bits per heavy atom. The van der Waals surface area contributed by atoms with Gasteiger partial charge in [0.05, 0.1) is 10.2 Å². The van der Waals surface area contributed by atoms with Gasteiger partial charge in [-0.3, -0.25) is 9.59 Å². The lowest BCUT2D eigenvalue weighted by atomic mass is 10.1. The lowest BCUT2D eigenvalue weighted by Gasteiger charge is -2.07. The Morgan fingerprint density at radius 2 is 1.86 bits per heavy atom. The third-order valence-corrected chi connectivity index (χ3v) is 4.81. The molecule has 0 bridgehead atoms. The predicted octanol–water partition coefficient (Wildman–Crippen LogP) is 3.47. The average molecular weight is 312 g/mol. The Balaban J connectivity index is 1.90. The first kappa shape index (κ1) is 14.5. The predicted molar refractivity (Wildman–Crippen MR) is 90.9 cm³/mol. The van der Waals surface area contributed by atoms with E-state index in [0.29, 0.717) is 11.3 Å². The van der Waals surface area contributed by atoms with E-state index < -0.39 is 0 Å². The molecule has 0 aliphatic carbocycles. The average Bonchev–Trinajstić information content (AvgIpc) is 2.76. The molecule has 112 valence electrons. The summed E-state index contributed by atoms with van der Waals surface area (Å²) in [5.41, 5.74) is 4.44. The molecule has 5 heteroatoms. The van der Waals surface area contributed by atoms with E-state index in [4.69, 9.17) is 0 Å². The van der Waals surface area contributed by atoms with Crippen molar-refractivity contribution in [1.29, 1.82) is 0 Å². The smallest absolute Gasteiger partial charge is 0.307 e. The molecule has 0 spiro atoms. The van der Waals surface area contributed by atoms with Crippen LogP contribution in [0.5, 0.6) is 0 Å². The van der Waals surface area contributed by atoms with E-state index in [9.17, 15) is 9.59 Å². The highest BCUT2D eigenvalue weighted by Crippen LogP contribution is 2.22. The fourth-order valence-corrected chi connectivity index (χ4v) is 3.22. The molecule has 1 amide bonds. The van der Waals surface area contributed by atoms with Crippen LogP contribution in [-0.4, -0.2) is 10.5 Å². The molecule has 0 radical (unpaired) electrons. The Morgan fingerprint density at radius 3 is 2.59 bits per heavy atom. The molecule has 1 aromatic heterocycles. The number of fused-ring (bicyclic) bond motifs is 1. The Kier molecular flexibility index (Phi) is 3.58. The SMILES string of the molecule is Cc1ccc(C(=O)Nc2ccc3c(c2)sc(=O)n3C)cc1C. The standard InChI is InChI=1S/C17H16N2O2S/c1-10-4-5-12(8-11(10)2)16(20)18-13-6-7-14-15(9-13)22-17(21)19(14)3/h4-9H,1-3H3,(H,18,20). The minimum Gasteiger partial charge on any atom is -0.322 e. The summed E-state index contributed by atoms with van der Waals surface area (Å²) < 4.78 is 2.47. The molecule has 0 atom stereocenters. The third-order valence-electron chi connectivity index (χ3n) is 3.82. The molecule has 3 rings (SSSR count). The second-order valence-corrected chi connectivity index (χ2v) is 6.36. The quantitative estimate of drug-likeness (QED) is 0.788. The second kappa shape index (κ2) is 5.42. The number of hydrogen-bond donors (Lipinski definition) is 1. The molecule has 2 aromatic carbocycles. The van der Waals surface area contributed by atoms with Crippen molar-refractivity contribution < 1.29 is 4.79 Å². The lowest BCUT2D eigenvalue weighted by Crippen LogP contribution is -2.12. The summed E-state index contributed by atoms with van der Waals surface area (Å²) in [5, 5.41) is 2.88. The van der Waals surface area contributed by atoms with Crippen molar-refractivity contribution in [1.82, 2.24) is 4.57 Å². The molecule has 0 unspecified atom stereocenters. The maximum Gasteiger partial charge on any atom is 0.307 e. The molecule has 0 saturated heterocycles. The second-order valence-electron chi connectivity index (χ2n) is 5.36. The molecule has 3 aromatic rings. The van der Waals surface area contributed by atoms with Gasteiger partial charge in [0.2, 0.25) is 0 Å². The number of nitrogens with zero attached hydrogens (tertiary/aromatic N) is 1. The normalized spacial score (nSPS) is 10.9. The van der Waals surface area contributed by atoms with Crippen molar-refractivity contribution in [3.05, 3.63) is 62.8 Å². The van der Waals surface area contributed by atoms with Gasteiger partial charge in [0.15, 0.2) is 0 Å². The van der Waals surface area contributed by atoms with E-state index >= 15 is 0 Å². The van der Waals surface area contributed by atoms with Crippen molar-refractivity contribution in [2.75, 3.05) is 5.32 Å². The summed E-state index contributed by atoms with van der Waals surface area (Å²) in [6, 6.07) is 11.1. The van der Waals surface area contributed by atoms with Crippen LogP contribution in [0.2, 0.25) is 0 Å². The van der Waals surface area contributed by atoms with Crippen LogP contribution < -0.4 is 10.2 Å². The van der Waals surface area contributed by atoms with E-state index in [0.717, 1.165) is 21.3 Å². The number of nitrogens with one attached hydrogen (secondary N) is 1. The summed E-state index contributed by atoms with van der Waals surface area (Å²) in [6.07, 6.45) is 0. The number of hydrogen-bond acceptors (Lipinski definition) is 3. The Bertz CT molecular complexity index is 937. The van der Waals surface area contributed by atoms with E-state index in [1.165, 1.54) is 11.3 Å². The van der Waals surface area contributed by atoms with Gasteiger partial charge >= 0.3 is 4.87 Å². The first-order valence-electron chi connectivity index (χ1n) is 6.94. The lowest BCUT2D eigenvalue weighted by molar-refractivity contribution is 0.102. The van der Waals surface area contributed by atoms with Crippen molar-refractivity contribution in [3.63, 3.8) is 0 Å². The first-order valence-corrected chi connectivity index (χ1v) is 7.75. The summed E-state index contributed by atoms with van der Waals surface area (Å²) in [7, 11) is 1.74. The molecule has 4 nitrogen and oxygen atoms in total. The fraction of sp³-hybridized carbons (Fsp3) is 0.176. The van der Waals surface area contributed by atoms with Gasteiger partial charge in [0.25, 0.3) is 5.91 Å². The molecule has 0 saturated carbocycles. The van der Waals surface area contributed by atoms with Crippen molar-refractivity contribution >= 4 is 33.1 Å². The molecule has 22 heavy (non-hydrogen) atoms. The largest absolute Gasteiger partial charge is 0.322 e. The van der Waals surface area contributed by atoms with Gasteiger partial charge in [0.1, 0.15) is 0 Å². The van der Waals surface area contributed by atoms with Crippen LogP contribution >= 0.6 is 11.3 Å². The highest BCUT2D eigenvalue weighted by atomic mass is 32.1. The summed E-state index contributed by atoms with van der Waals surface area (Å²) >= 11 is 1.18. The van der Waals surface area contributed by atoms with Crippen molar-refractivity contribution in [2.45, 2.75) is 13.8 Å². The van der Waals surface area contributed by atoms with Gasteiger partial charge in [-0.1, -0.05) is 17.4 Å². The minimum atomic E-state index is -0.147. The number of carbonyl (C=O) groups is 1. The van der Waals surface area contributed by atoms with Crippen LogP contribution in [0.15, 0.2) is 41.2 Å². The molecule has 1 N–H and O–H groups in total. The van der Waals surface area contributed by atoms with Gasteiger partial charge < -0.3 is 9.88 Å². The Hall–Kier alpha value is -2.40. The molecule has 0 aliphatic rings. The molecular formula is C17H16N2O2S. The maximum absolute atomic E-state index is 12.3. The number of aromatic nitrogens is 1. The zero-order valence-electron chi connectivity index (χ0n) is 12.6. The molecular weight excluding hydrogens is 296 g/mol. The van der Waals surface area contributed by atoms with Gasteiger partial charge in [-0.25, -0.2) is 0 Å². The number of amides is 1. The van der Waals surface area contributed by atoms with E-state index in [2.05, 4.69) is 5.32 Å². The highest BCUT2D eigenvalue weighted by Gasteiger charge is 2.09. The fourth-order valence-electron chi connectivity index (χ4n) is 2.30. The van der Waals surface area contributed by atoms with E-state index in [1.807, 2.05) is 50.2 Å². The van der Waals surface area contributed by atoms with Crippen LogP contribution in [0.4, 0.5) is 5.69 Å².